The summed E-state index contributed by atoms with van der Waals surface area (Å²) in [6.07, 6.45) is 2.80. The van der Waals surface area contributed by atoms with Gasteiger partial charge in [0.1, 0.15) is 8.24 Å². The Hall–Kier alpha value is -0.396. The van der Waals surface area contributed by atoms with Gasteiger partial charge in [0.2, 0.25) is 0 Å². The number of hydrogen-bond acceptors (Lipinski definition) is 2. The molecule has 2 nitrogen and oxygen atoms in total. The molecule has 4 rings (SSSR count). The van der Waals surface area contributed by atoms with Gasteiger partial charge >= 0.3 is 0 Å². The minimum Gasteiger partial charge on any atom is -0.332 e. The van der Waals surface area contributed by atoms with Gasteiger partial charge in [-0.3, -0.25) is 0 Å². The van der Waals surface area contributed by atoms with Crippen LogP contribution in [0.3, 0.4) is 0 Å². The lowest BCUT2D eigenvalue weighted by Crippen LogP contribution is -2.64. The zero-order valence-corrected chi connectivity index (χ0v) is 29.6. The maximum Gasteiger partial charge on any atom is 0.167 e. The van der Waals surface area contributed by atoms with E-state index in [-0.39, 0.29) is 11.1 Å². The number of hydrogen-bond donors (Lipinski definition) is 2. The summed E-state index contributed by atoms with van der Waals surface area (Å²) in [7, 11) is -2.74. The monoisotopic (exact) mass is 562 g/mol. The maximum atomic E-state index is 6.80. The molecular weight excluding hydrogens is 504 g/mol. The van der Waals surface area contributed by atoms with Crippen LogP contribution in [0.1, 0.15) is 110 Å². The van der Waals surface area contributed by atoms with Gasteiger partial charge in [-0.1, -0.05) is 35.1 Å². The molecule has 2 aliphatic heterocycles. The second-order valence-electron chi connectivity index (χ2n) is 14.7. The molecule has 4 aliphatic rings. The highest BCUT2D eigenvalue weighted by Gasteiger charge is 2.51. The summed E-state index contributed by atoms with van der Waals surface area (Å²) in [6.45, 7) is 31.3. The van der Waals surface area contributed by atoms with Crippen LogP contribution in [0.5, 0.6) is 0 Å². The molecule has 3 N–H and O–H groups in total. The fraction of sp³-hybridized carbons (Fsp3) is 0.750. The fourth-order valence-electron chi connectivity index (χ4n) is 6.90. The predicted octanol–water partition coefficient (Wildman–Crippen LogP) is 10.2. The Balaban J connectivity index is 0.000000225. The van der Waals surface area contributed by atoms with Crippen molar-refractivity contribution < 1.29 is 0 Å². The highest BCUT2D eigenvalue weighted by atomic mass is 35.6. The van der Waals surface area contributed by atoms with Crippen molar-refractivity contribution >= 4 is 26.7 Å². The van der Waals surface area contributed by atoms with Crippen LogP contribution >= 0.6 is 11.1 Å². The van der Waals surface area contributed by atoms with Crippen LogP contribution < -0.4 is 10.7 Å². The van der Waals surface area contributed by atoms with E-state index in [9.17, 15) is 0 Å². The number of halogens is 1. The first kappa shape index (κ1) is 32.8. The van der Waals surface area contributed by atoms with Crippen molar-refractivity contribution in [1.82, 2.24) is 4.98 Å². The van der Waals surface area contributed by atoms with Crippen LogP contribution in [-0.2, 0) is 0 Å². The van der Waals surface area contributed by atoms with Gasteiger partial charge in [-0.25, -0.2) is 0 Å². The lowest BCUT2D eigenvalue weighted by atomic mass is 10.1. The first-order valence-electron chi connectivity index (χ1n) is 14.6. The molecule has 2 aliphatic carbocycles. The van der Waals surface area contributed by atoms with Crippen LogP contribution in [0.2, 0.25) is 35.3 Å². The van der Waals surface area contributed by atoms with Crippen molar-refractivity contribution in [2.75, 3.05) is 0 Å². The molecule has 0 spiro atoms. The second-order valence-corrected chi connectivity index (χ2v) is 24.8. The molecule has 0 saturated carbocycles. The van der Waals surface area contributed by atoms with Crippen molar-refractivity contribution in [3.63, 3.8) is 0 Å². The number of nitrogens with one attached hydrogen (secondary N) is 1. The topological polar surface area (TPSA) is 38.0 Å². The molecular formula is C32H59ClN2Si2. The Labute approximate surface area is 237 Å². The smallest absolute Gasteiger partial charge is 0.167 e. The minimum atomic E-state index is -1.42. The molecule has 2 saturated heterocycles. The summed E-state index contributed by atoms with van der Waals surface area (Å²) in [5.41, 5.74) is 19.6. The molecule has 2 heterocycles. The van der Waals surface area contributed by atoms with Crippen LogP contribution in [0.25, 0.3) is 0 Å². The summed E-state index contributed by atoms with van der Waals surface area (Å²) < 4.78 is 0. The Bertz CT molecular complexity index is 939. The number of rotatable bonds is 3. The van der Waals surface area contributed by atoms with E-state index in [1.54, 1.807) is 33.4 Å². The number of allylic oxidation sites excluding steroid dienone is 8. The third-order valence-electron chi connectivity index (χ3n) is 9.35. The highest BCUT2D eigenvalue weighted by Crippen LogP contribution is 2.56. The Morgan fingerprint density at radius 3 is 1.14 bits per heavy atom. The summed E-state index contributed by atoms with van der Waals surface area (Å²) in [6, 6.07) is 5.58. The van der Waals surface area contributed by atoms with Crippen molar-refractivity contribution in [3.8, 4) is 0 Å². The molecule has 37 heavy (non-hydrogen) atoms. The normalized spacial score (nSPS) is 24.0. The van der Waals surface area contributed by atoms with E-state index in [4.69, 9.17) is 16.8 Å². The Morgan fingerprint density at radius 2 is 0.919 bits per heavy atom. The van der Waals surface area contributed by atoms with Crippen molar-refractivity contribution in [1.29, 1.82) is 0 Å². The molecule has 0 aromatic carbocycles. The minimum absolute atomic E-state index is 0. The third kappa shape index (κ3) is 7.42. The summed E-state index contributed by atoms with van der Waals surface area (Å²) >= 11 is 6.80. The molecule has 2 fully saturated rings. The predicted molar refractivity (Wildman–Crippen MR) is 174 cm³/mol. The summed E-state index contributed by atoms with van der Waals surface area (Å²) in [5, 5.41) is 0. The molecule has 0 aromatic heterocycles. The molecule has 0 amide bonds. The zero-order chi connectivity index (χ0) is 28.7. The van der Waals surface area contributed by atoms with E-state index in [1.165, 1.54) is 48.2 Å². The number of nitrogens with two attached hydrogens (primary N) is 1. The van der Waals surface area contributed by atoms with E-state index >= 15 is 0 Å². The SMILES string of the molecule is CC(C)(C)N.CC1=C(C)C([Si]2(Cl)CCC2)C(C)=C1C.CC1=C(C)C([Si]2(NC(C)(C)C)CCC2)C(C)=C1C. The Kier molecular flexibility index (Phi) is 10.3. The van der Waals surface area contributed by atoms with E-state index in [2.05, 4.69) is 81.1 Å². The van der Waals surface area contributed by atoms with E-state index in [0.717, 1.165) is 5.54 Å². The second kappa shape index (κ2) is 11.6. The average Bonchev–Trinajstić information content (AvgIpc) is 3.01. The molecule has 5 heteroatoms. The van der Waals surface area contributed by atoms with Crippen LogP contribution in [0, 0.1) is 0 Å². The fourth-order valence-corrected chi connectivity index (χ4v) is 17.9. The van der Waals surface area contributed by atoms with Gasteiger partial charge in [0, 0.05) is 22.2 Å². The van der Waals surface area contributed by atoms with Gasteiger partial charge in [-0.2, -0.15) is 11.1 Å². The maximum absolute atomic E-state index is 6.80. The summed E-state index contributed by atoms with van der Waals surface area (Å²) in [5.74, 6) is 0. The molecule has 0 aromatic rings. The standard InChI is InChI=1S/C16H29NSi.C12H19ClSi.C4H11N/c1-11-12(2)14(4)15(13(11)3)18(9-8-10-18)17-16(5,6)7;1-8-9(2)11(4)12(10(8)3)14(13)6-5-7-14;1-4(2,3)5/h15,17H,8-10H2,1-7H3;12H,5-7H2,1-4H3;5H2,1-3H3. The molecule has 0 radical (unpaired) electrons. The average molecular weight is 563 g/mol. The highest BCUT2D eigenvalue weighted by molar-refractivity contribution is 7.23. The summed E-state index contributed by atoms with van der Waals surface area (Å²) in [4.78, 5) is 4.08. The molecule has 0 bridgehead atoms. The van der Waals surface area contributed by atoms with Gasteiger partial charge in [0.05, 0.1) is 0 Å². The quantitative estimate of drug-likeness (QED) is 0.265. The van der Waals surface area contributed by atoms with Crippen molar-refractivity contribution in [2.45, 2.75) is 156 Å². The van der Waals surface area contributed by atoms with Gasteiger partial charge < -0.3 is 10.7 Å². The molecule has 0 atom stereocenters. The third-order valence-corrected chi connectivity index (χ3v) is 21.1. The molecule has 212 valence electrons. The van der Waals surface area contributed by atoms with Crippen LogP contribution in [0.15, 0.2) is 44.6 Å². The molecule has 0 unspecified atom stereocenters. The Morgan fingerprint density at radius 1 is 0.622 bits per heavy atom. The van der Waals surface area contributed by atoms with Crippen molar-refractivity contribution in [3.05, 3.63) is 44.6 Å². The van der Waals surface area contributed by atoms with Crippen molar-refractivity contribution in [2.24, 2.45) is 5.73 Å². The van der Waals surface area contributed by atoms with Crippen LogP contribution in [0.4, 0.5) is 0 Å². The van der Waals surface area contributed by atoms with Gasteiger partial charge in [0.25, 0.3) is 0 Å². The lowest BCUT2D eigenvalue weighted by Gasteiger charge is -2.50. The zero-order valence-electron chi connectivity index (χ0n) is 26.9. The van der Waals surface area contributed by atoms with Gasteiger partial charge in [-0.15, -0.1) is 0 Å². The first-order chi connectivity index (χ1) is 16.7. The lowest BCUT2D eigenvalue weighted by molar-refractivity contribution is 0.493. The first-order valence-corrected chi connectivity index (χ1v) is 20.6. The van der Waals surface area contributed by atoms with Gasteiger partial charge in [-0.05, 0) is 143 Å². The van der Waals surface area contributed by atoms with E-state index in [1.807, 2.05) is 20.8 Å². The largest absolute Gasteiger partial charge is 0.332 e. The van der Waals surface area contributed by atoms with Gasteiger partial charge in [0.15, 0.2) is 7.38 Å². The van der Waals surface area contributed by atoms with E-state index in [0.29, 0.717) is 5.54 Å². The van der Waals surface area contributed by atoms with E-state index < -0.39 is 15.6 Å². The van der Waals surface area contributed by atoms with Crippen LogP contribution in [-0.4, -0.2) is 26.7 Å².